The summed E-state index contributed by atoms with van der Waals surface area (Å²) in [5.41, 5.74) is 0.579. The number of nitrogens with zero attached hydrogens (tertiary/aromatic N) is 4. The number of carboxylic acids is 1. The molecular formula is C22H31N5O5. The van der Waals surface area contributed by atoms with Crippen molar-refractivity contribution in [1.29, 1.82) is 0 Å². The lowest BCUT2D eigenvalue weighted by Crippen LogP contribution is -2.28. The first-order valence-corrected chi connectivity index (χ1v) is 10.7. The van der Waals surface area contributed by atoms with Crippen LogP contribution in [0.4, 0.5) is 10.6 Å². The van der Waals surface area contributed by atoms with E-state index in [0.29, 0.717) is 41.7 Å². The second kappa shape index (κ2) is 9.54. The van der Waals surface area contributed by atoms with Crippen LogP contribution in [0, 0.1) is 18.8 Å². The molecule has 2 aromatic rings. The lowest BCUT2D eigenvalue weighted by molar-refractivity contribution is -0.143. The van der Waals surface area contributed by atoms with Gasteiger partial charge in [0, 0.05) is 7.05 Å². The van der Waals surface area contributed by atoms with Gasteiger partial charge in [-0.25, -0.2) is 14.8 Å². The number of hydrogen-bond donors (Lipinski definition) is 2. The van der Waals surface area contributed by atoms with Gasteiger partial charge < -0.3 is 14.6 Å². The van der Waals surface area contributed by atoms with Crippen LogP contribution in [0.15, 0.2) is 12.4 Å². The average molecular weight is 446 g/mol. The molecule has 0 radical (unpaired) electrons. The number of anilines is 1. The molecule has 2 atom stereocenters. The third kappa shape index (κ3) is 5.95. The maximum atomic E-state index is 12.2. The smallest absolute Gasteiger partial charge is 0.413 e. The molecule has 1 aliphatic rings. The van der Waals surface area contributed by atoms with Gasteiger partial charge in [0.05, 0.1) is 36.2 Å². The summed E-state index contributed by atoms with van der Waals surface area (Å²) in [5.74, 6) is 0.555. The molecule has 10 nitrogen and oxygen atoms in total. The lowest BCUT2D eigenvalue weighted by Gasteiger charge is -2.26. The number of ether oxygens (including phenoxy) is 2. The Kier molecular flexibility index (Phi) is 7.00. The molecule has 3 rings (SSSR count). The van der Waals surface area contributed by atoms with E-state index in [1.54, 1.807) is 40.2 Å². The quantitative estimate of drug-likeness (QED) is 0.687. The molecule has 2 heterocycles. The van der Waals surface area contributed by atoms with E-state index < -0.39 is 17.7 Å². The number of carboxylic acid groups (broad SMARTS) is 1. The normalized spacial score (nSPS) is 18.8. The number of hydrogen-bond acceptors (Lipinski definition) is 7. The summed E-state index contributed by atoms with van der Waals surface area (Å²) in [6.07, 6.45) is 5.79. The van der Waals surface area contributed by atoms with E-state index in [2.05, 4.69) is 20.4 Å². The van der Waals surface area contributed by atoms with Gasteiger partial charge in [0.25, 0.3) is 0 Å². The van der Waals surface area contributed by atoms with Crippen LogP contribution in [0.5, 0.6) is 5.75 Å². The average Bonchev–Trinajstić information content (AvgIpc) is 3.06. The summed E-state index contributed by atoms with van der Waals surface area (Å²) in [6.45, 7) is 7.62. The number of aromatic nitrogens is 4. The number of carbonyl (C=O) groups excluding carboxylic acids is 1. The third-order valence-electron chi connectivity index (χ3n) is 5.34. The lowest BCUT2D eigenvalue weighted by atomic mass is 9.82. The van der Waals surface area contributed by atoms with Crippen molar-refractivity contribution in [2.75, 3.05) is 11.9 Å². The van der Waals surface area contributed by atoms with Gasteiger partial charge in [-0.1, -0.05) is 6.42 Å². The minimum absolute atomic E-state index is 0.201. The molecule has 174 valence electrons. The number of amides is 1. The highest BCUT2D eigenvalue weighted by Gasteiger charge is 2.27. The van der Waals surface area contributed by atoms with Gasteiger partial charge >= 0.3 is 12.1 Å². The van der Waals surface area contributed by atoms with Crippen LogP contribution in [-0.2, 0) is 16.6 Å². The molecule has 2 N–H and O–H groups in total. The minimum atomic E-state index is -0.731. The fourth-order valence-corrected chi connectivity index (χ4v) is 3.75. The van der Waals surface area contributed by atoms with E-state index in [4.69, 9.17) is 9.47 Å². The SMILES string of the molecule is Cc1nc(-c2cnn(C)c2NC(=O)OC(C)(C)C)ncc1OC[C@H]1CCC[C@H](C(=O)O)C1. The Hall–Kier alpha value is -3.17. The van der Waals surface area contributed by atoms with E-state index in [0.717, 1.165) is 19.3 Å². The van der Waals surface area contributed by atoms with E-state index in [9.17, 15) is 14.7 Å². The van der Waals surface area contributed by atoms with Crippen LogP contribution in [0.1, 0.15) is 52.1 Å². The molecule has 10 heteroatoms. The Morgan fingerprint density at radius 3 is 2.69 bits per heavy atom. The number of aliphatic carboxylic acids is 1. The predicted octanol–water partition coefficient (Wildman–Crippen LogP) is 3.80. The molecule has 1 fully saturated rings. The van der Waals surface area contributed by atoms with Crippen molar-refractivity contribution in [3.05, 3.63) is 18.1 Å². The number of nitrogens with one attached hydrogen (secondary N) is 1. The molecule has 1 aliphatic carbocycles. The zero-order chi connectivity index (χ0) is 23.5. The fourth-order valence-electron chi connectivity index (χ4n) is 3.75. The Morgan fingerprint density at radius 2 is 2.03 bits per heavy atom. The summed E-state index contributed by atoms with van der Waals surface area (Å²) in [7, 11) is 1.70. The van der Waals surface area contributed by atoms with Crippen molar-refractivity contribution >= 4 is 17.9 Å². The summed E-state index contributed by atoms with van der Waals surface area (Å²) in [5, 5.41) is 16.2. The predicted molar refractivity (Wildman–Crippen MR) is 117 cm³/mol. The van der Waals surface area contributed by atoms with Crippen LogP contribution in [-0.4, -0.2) is 49.1 Å². The van der Waals surface area contributed by atoms with Crippen LogP contribution in [0.25, 0.3) is 11.4 Å². The van der Waals surface area contributed by atoms with Crippen molar-refractivity contribution in [2.45, 2.75) is 59.0 Å². The molecule has 32 heavy (non-hydrogen) atoms. The number of carbonyl (C=O) groups is 2. The highest BCUT2D eigenvalue weighted by atomic mass is 16.6. The molecule has 0 aliphatic heterocycles. The summed E-state index contributed by atoms with van der Waals surface area (Å²) < 4.78 is 12.8. The first kappa shape index (κ1) is 23.5. The maximum absolute atomic E-state index is 12.2. The highest BCUT2D eigenvalue weighted by molar-refractivity contribution is 5.88. The fraction of sp³-hybridized carbons (Fsp3) is 0.591. The Balaban J connectivity index is 1.69. The van der Waals surface area contributed by atoms with Gasteiger partial charge in [-0.2, -0.15) is 5.10 Å². The molecule has 2 aromatic heterocycles. The van der Waals surface area contributed by atoms with Crippen molar-refractivity contribution in [1.82, 2.24) is 19.7 Å². The van der Waals surface area contributed by atoms with Crippen LogP contribution in [0.3, 0.4) is 0 Å². The van der Waals surface area contributed by atoms with Crippen LogP contribution < -0.4 is 10.1 Å². The number of rotatable bonds is 6. The standard InChI is InChI=1S/C22H31N5O5/c1-13-17(31-12-14-7-6-8-15(9-14)20(28)29)11-23-18(25-13)16-10-24-27(5)19(16)26-21(30)32-22(2,3)4/h10-11,14-15H,6-9,12H2,1-5H3,(H,26,30)(H,28,29)/t14-,15-/m0/s1. The molecule has 0 saturated heterocycles. The Bertz CT molecular complexity index is 982. The van der Waals surface area contributed by atoms with Crippen LogP contribution >= 0.6 is 0 Å². The second-order valence-electron chi connectivity index (χ2n) is 9.18. The molecule has 0 unspecified atom stereocenters. The Morgan fingerprint density at radius 1 is 1.28 bits per heavy atom. The first-order chi connectivity index (χ1) is 15.0. The second-order valence-corrected chi connectivity index (χ2v) is 9.18. The van der Waals surface area contributed by atoms with E-state index in [1.165, 1.54) is 4.68 Å². The van der Waals surface area contributed by atoms with Crippen LogP contribution in [0.2, 0.25) is 0 Å². The molecule has 0 bridgehead atoms. The Labute approximate surface area is 187 Å². The van der Waals surface area contributed by atoms with E-state index >= 15 is 0 Å². The molecule has 1 saturated carbocycles. The maximum Gasteiger partial charge on any atom is 0.413 e. The summed E-state index contributed by atoms with van der Waals surface area (Å²) >= 11 is 0. The molecule has 0 spiro atoms. The van der Waals surface area contributed by atoms with Gasteiger partial charge in [0.2, 0.25) is 0 Å². The van der Waals surface area contributed by atoms with E-state index in [-0.39, 0.29) is 11.8 Å². The van der Waals surface area contributed by atoms with Gasteiger partial charge in [-0.3, -0.25) is 14.8 Å². The minimum Gasteiger partial charge on any atom is -0.490 e. The van der Waals surface area contributed by atoms with Gasteiger partial charge in [-0.15, -0.1) is 0 Å². The molecular weight excluding hydrogens is 414 g/mol. The largest absolute Gasteiger partial charge is 0.490 e. The van der Waals surface area contributed by atoms with Gasteiger partial charge in [0.1, 0.15) is 11.4 Å². The summed E-state index contributed by atoms with van der Waals surface area (Å²) in [4.78, 5) is 32.4. The molecule has 0 aromatic carbocycles. The molecule has 1 amide bonds. The van der Waals surface area contributed by atoms with E-state index in [1.807, 2.05) is 6.92 Å². The number of aryl methyl sites for hydroxylation is 2. The monoisotopic (exact) mass is 445 g/mol. The van der Waals surface area contributed by atoms with Crippen molar-refractivity contribution in [3.8, 4) is 17.1 Å². The summed E-state index contributed by atoms with van der Waals surface area (Å²) in [6, 6.07) is 0. The third-order valence-corrected chi connectivity index (χ3v) is 5.34. The zero-order valence-electron chi connectivity index (χ0n) is 19.2. The highest BCUT2D eigenvalue weighted by Crippen LogP contribution is 2.31. The zero-order valence-corrected chi connectivity index (χ0v) is 19.2. The van der Waals surface area contributed by atoms with Gasteiger partial charge in [0.15, 0.2) is 11.6 Å². The van der Waals surface area contributed by atoms with Crippen molar-refractivity contribution in [3.63, 3.8) is 0 Å². The first-order valence-electron chi connectivity index (χ1n) is 10.7. The van der Waals surface area contributed by atoms with Crippen molar-refractivity contribution < 1.29 is 24.2 Å². The van der Waals surface area contributed by atoms with Crippen molar-refractivity contribution in [2.24, 2.45) is 18.9 Å². The van der Waals surface area contributed by atoms with Gasteiger partial charge in [-0.05, 0) is 52.9 Å². The topological polar surface area (TPSA) is 128 Å².